The lowest BCUT2D eigenvalue weighted by atomic mass is 10.0. The van der Waals surface area contributed by atoms with Crippen molar-refractivity contribution in [2.75, 3.05) is 0 Å². The lowest BCUT2D eigenvalue weighted by Crippen LogP contribution is -2.43. The molecule has 0 aromatic heterocycles. The number of benzene rings is 3. The molecule has 2 N–H and O–H groups in total. The first-order chi connectivity index (χ1) is 12.9. The number of rotatable bonds is 6. The zero-order chi connectivity index (χ0) is 19.4. The van der Waals surface area contributed by atoms with Crippen LogP contribution in [0.4, 0.5) is 8.78 Å². The van der Waals surface area contributed by atoms with E-state index in [2.05, 4.69) is 5.32 Å². The molecular formula is C21H17F2NO3. The fraction of sp³-hybridized carbons (Fsp3) is 0.143. The van der Waals surface area contributed by atoms with Crippen LogP contribution in [-0.4, -0.2) is 23.0 Å². The van der Waals surface area contributed by atoms with E-state index in [9.17, 15) is 23.5 Å². The Balaban J connectivity index is 1.69. The Kier molecular flexibility index (Phi) is 5.45. The van der Waals surface area contributed by atoms with E-state index < -0.39 is 29.6 Å². The summed E-state index contributed by atoms with van der Waals surface area (Å²) in [5.41, 5.74) is 1.04. The van der Waals surface area contributed by atoms with E-state index in [0.717, 1.165) is 28.5 Å². The molecule has 1 atom stereocenters. The van der Waals surface area contributed by atoms with Crippen LogP contribution in [0, 0.1) is 11.6 Å². The Bertz CT molecular complexity index is 1000. The van der Waals surface area contributed by atoms with Gasteiger partial charge in [0.2, 0.25) is 5.91 Å². The largest absolute Gasteiger partial charge is 0.480 e. The predicted molar refractivity (Wildman–Crippen MR) is 97.3 cm³/mol. The molecule has 0 spiro atoms. The molecule has 27 heavy (non-hydrogen) atoms. The molecule has 0 aliphatic carbocycles. The van der Waals surface area contributed by atoms with E-state index in [1.165, 1.54) is 6.07 Å². The summed E-state index contributed by atoms with van der Waals surface area (Å²) in [4.78, 5) is 23.7. The molecule has 0 saturated heterocycles. The highest BCUT2D eigenvalue weighted by molar-refractivity contribution is 5.86. The summed E-state index contributed by atoms with van der Waals surface area (Å²) < 4.78 is 26.2. The first-order valence-corrected chi connectivity index (χ1v) is 8.36. The zero-order valence-corrected chi connectivity index (χ0v) is 14.3. The Hall–Kier alpha value is -3.28. The number of hydrogen-bond donors (Lipinski definition) is 2. The molecule has 0 aliphatic rings. The minimum atomic E-state index is -1.17. The van der Waals surface area contributed by atoms with Gasteiger partial charge in [0.05, 0.1) is 6.42 Å². The van der Waals surface area contributed by atoms with E-state index in [0.29, 0.717) is 0 Å². The van der Waals surface area contributed by atoms with Crippen LogP contribution in [0.2, 0.25) is 0 Å². The second kappa shape index (κ2) is 7.95. The number of amides is 1. The maximum Gasteiger partial charge on any atom is 0.326 e. The van der Waals surface area contributed by atoms with E-state index in [4.69, 9.17) is 0 Å². The monoisotopic (exact) mass is 369 g/mol. The molecule has 0 heterocycles. The molecule has 0 saturated carbocycles. The molecule has 4 nitrogen and oxygen atoms in total. The van der Waals surface area contributed by atoms with Crippen LogP contribution >= 0.6 is 0 Å². The number of fused-ring (bicyclic) bond motifs is 1. The quantitative estimate of drug-likeness (QED) is 0.699. The summed E-state index contributed by atoms with van der Waals surface area (Å²) in [5, 5.41) is 13.9. The van der Waals surface area contributed by atoms with E-state index in [-0.39, 0.29) is 18.4 Å². The van der Waals surface area contributed by atoms with Gasteiger partial charge in [-0.15, -0.1) is 0 Å². The number of carbonyl (C=O) groups excluding carboxylic acids is 1. The summed E-state index contributed by atoms with van der Waals surface area (Å²) in [6, 6.07) is 15.3. The van der Waals surface area contributed by atoms with Crippen molar-refractivity contribution in [2.24, 2.45) is 0 Å². The molecule has 3 rings (SSSR count). The number of carboxylic acids is 1. The number of halogens is 2. The zero-order valence-electron chi connectivity index (χ0n) is 14.3. The average Bonchev–Trinajstić information content (AvgIpc) is 2.64. The summed E-state index contributed by atoms with van der Waals surface area (Å²) in [5.74, 6) is -3.79. The van der Waals surface area contributed by atoms with E-state index >= 15 is 0 Å². The molecule has 0 fully saturated rings. The van der Waals surface area contributed by atoms with Gasteiger partial charge in [-0.2, -0.15) is 0 Å². The van der Waals surface area contributed by atoms with Crippen LogP contribution in [-0.2, 0) is 22.4 Å². The van der Waals surface area contributed by atoms with E-state index in [1.54, 1.807) is 0 Å². The van der Waals surface area contributed by atoms with Crippen LogP contribution in [0.15, 0.2) is 60.7 Å². The van der Waals surface area contributed by atoms with Crippen LogP contribution in [0.1, 0.15) is 11.1 Å². The van der Waals surface area contributed by atoms with Crippen molar-refractivity contribution in [3.8, 4) is 0 Å². The maximum absolute atomic E-state index is 13.2. The molecule has 0 bridgehead atoms. The van der Waals surface area contributed by atoms with Crippen LogP contribution in [0.25, 0.3) is 10.8 Å². The minimum absolute atomic E-state index is 0.115. The van der Waals surface area contributed by atoms with Crippen molar-refractivity contribution in [3.05, 3.63) is 83.4 Å². The summed E-state index contributed by atoms with van der Waals surface area (Å²) in [6.07, 6.45) is -0.123. The first kappa shape index (κ1) is 18.5. The summed E-state index contributed by atoms with van der Waals surface area (Å²) in [7, 11) is 0. The molecule has 0 unspecified atom stereocenters. The SMILES string of the molecule is O=C(Cc1ccc(F)c(F)c1)N[C@@H](Cc1ccc2ccccc2c1)C(=O)O. The summed E-state index contributed by atoms with van der Waals surface area (Å²) in [6.45, 7) is 0. The van der Waals surface area contributed by atoms with Gasteiger partial charge in [-0.3, -0.25) is 4.79 Å². The van der Waals surface area contributed by atoms with Gasteiger partial charge >= 0.3 is 5.97 Å². The third kappa shape index (κ3) is 4.67. The van der Waals surface area contributed by atoms with Gasteiger partial charge in [-0.05, 0) is 34.0 Å². The first-order valence-electron chi connectivity index (χ1n) is 8.36. The van der Waals surface area contributed by atoms with E-state index in [1.807, 2.05) is 42.5 Å². The van der Waals surface area contributed by atoms with Crippen molar-refractivity contribution >= 4 is 22.6 Å². The van der Waals surface area contributed by atoms with Gasteiger partial charge in [0.1, 0.15) is 6.04 Å². The highest BCUT2D eigenvalue weighted by Crippen LogP contribution is 2.17. The molecule has 3 aromatic rings. The third-order valence-electron chi connectivity index (χ3n) is 4.24. The Morgan fingerprint density at radius 3 is 2.30 bits per heavy atom. The third-order valence-corrected chi connectivity index (χ3v) is 4.24. The topological polar surface area (TPSA) is 66.4 Å². The van der Waals surface area contributed by atoms with Crippen molar-refractivity contribution in [2.45, 2.75) is 18.9 Å². The van der Waals surface area contributed by atoms with Crippen molar-refractivity contribution in [3.63, 3.8) is 0 Å². The van der Waals surface area contributed by atoms with Gasteiger partial charge in [0, 0.05) is 6.42 Å². The Morgan fingerprint density at radius 2 is 1.59 bits per heavy atom. The van der Waals surface area contributed by atoms with Crippen LogP contribution < -0.4 is 5.32 Å². The molecule has 1 amide bonds. The van der Waals surface area contributed by atoms with Crippen molar-refractivity contribution in [1.82, 2.24) is 5.32 Å². The highest BCUT2D eigenvalue weighted by atomic mass is 19.2. The number of nitrogens with one attached hydrogen (secondary N) is 1. The molecule has 6 heteroatoms. The summed E-state index contributed by atoms with van der Waals surface area (Å²) >= 11 is 0. The molecule has 3 aromatic carbocycles. The van der Waals surface area contributed by atoms with Gasteiger partial charge in [0.25, 0.3) is 0 Å². The van der Waals surface area contributed by atoms with Crippen LogP contribution in [0.3, 0.4) is 0 Å². The molecular weight excluding hydrogens is 352 g/mol. The lowest BCUT2D eigenvalue weighted by molar-refractivity contribution is -0.141. The molecule has 0 radical (unpaired) electrons. The van der Waals surface area contributed by atoms with Crippen LogP contribution in [0.5, 0.6) is 0 Å². The minimum Gasteiger partial charge on any atom is -0.480 e. The fourth-order valence-corrected chi connectivity index (χ4v) is 2.88. The fourth-order valence-electron chi connectivity index (χ4n) is 2.88. The predicted octanol–water partition coefficient (Wildman–Crippen LogP) is 3.47. The standard InChI is InChI=1S/C21H17F2NO3/c22-17-8-6-14(10-18(17)23)12-20(25)24-19(21(26)27)11-13-5-7-15-3-1-2-4-16(15)9-13/h1-10,19H,11-12H2,(H,24,25)(H,26,27)/t19-/m0/s1. The van der Waals surface area contributed by atoms with Gasteiger partial charge < -0.3 is 10.4 Å². The number of carbonyl (C=O) groups is 2. The smallest absolute Gasteiger partial charge is 0.326 e. The number of hydrogen-bond acceptors (Lipinski definition) is 2. The maximum atomic E-state index is 13.2. The normalized spacial score (nSPS) is 11.9. The Labute approximate surface area is 154 Å². The second-order valence-corrected chi connectivity index (χ2v) is 6.27. The second-order valence-electron chi connectivity index (χ2n) is 6.27. The number of carboxylic acid groups (broad SMARTS) is 1. The molecule has 0 aliphatic heterocycles. The van der Waals surface area contributed by atoms with Gasteiger partial charge in [-0.25, -0.2) is 13.6 Å². The van der Waals surface area contributed by atoms with Crippen molar-refractivity contribution < 1.29 is 23.5 Å². The highest BCUT2D eigenvalue weighted by Gasteiger charge is 2.21. The number of aliphatic carboxylic acids is 1. The molecule has 138 valence electrons. The van der Waals surface area contributed by atoms with Gasteiger partial charge in [-0.1, -0.05) is 48.5 Å². The average molecular weight is 369 g/mol. The lowest BCUT2D eigenvalue weighted by Gasteiger charge is -2.15. The Morgan fingerprint density at radius 1 is 0.889 bits per heavy atom. The van der Waals surface area contributed by atoms with Crippen molar-refractivity contribution in [1.29, 1.82) is 0 Å². The van der Waals surface area contributed by atoms with Gasteiger partial charge in [0.15, 0.2) is 11.6 Å².